The Hall–Kier alpha value is -1.14. The minimum Gasteiger partial charge on any atom is -0.314 e. The molecule has 2 rings (SSSR count). The second-order valence-corrected chi connectivity index (χ2v) is 6.88. The van der Waals surface area contributed by atoms with Gasteiger partial charge in [0.1, 0.15) is 0 Å². The molecule has 0 saturated heterocycles. The molecule has 0 aliphatic heterocycles. The van der Waals surface area contributed by atoms with Gasteiger partial charge in [-0.05, 0) is 38.3 Å². The van der Waals surface area contributed by atoms with Crippen molar-refractivity contribution in [3.05, 3.63) is 33.7 Å². The van der Waals surface area contributed by atoms with Gasteiger partial charge in [-0.2, -0.15) is 0 Å². The van der Waals surface area contributed by atoms with Crippen molar-refractivity contribution in [1.82, 2.24) is 9.29 Å². The van der Waals surface area contributed by atoms with E-state index in [1.165, 1.54) is 0 Å². The molecule has 0 bridgehead atoms. The van der Waals surface area contributed by atoms with Crippen molar-refractivity contribution in [2.45, 2.75) is 38.5 Å². The molecular formula is C12H18N2O3S. The normalized spacial score (nSPS) is 15.9. The molecule has 0 unspecified atom stereocenters. The highest BCUT2D eigenvalue weighted by atomic mass is 32.2. The molecule has 0 spiro atoms. The molecule has 1 aromatic rings. The largest absolute Gasteiger partial charge is 0.314 e. The molecule has 6 heteroatoms. The topological polar surface area (TPSA) is 68.2 Å². The molecule has 0 amide bonds. The fourth-order valence-electron chi connectivity index (χ4n) is 1.94. The molecule has 1 N–H and O–H groups in total. The highest BCUT2D eigenvalue weighted by Gasteiger charge is 2.35. The molecule has 0 aromatic carbocycles. The number of aromatic nitrogens is 1. The molecule has 1 heterocycles. The summed E-state index contributed by atoms with van der Waals surface area (Å²) >= 11 is 0. The number of nitrogens with zero attached hydrogens (tertiary/aromatic N) is 1. The summed E-state index contributed by atoms with van der Waals surface area (Å²) in [5, 5.41) is -0.214. The van der Waals surface area contributed by atoms with Crippen molar-refractivity contribution < 1.29 is 8.42 Å². The van der Waals surface area contributed by atoms with Crippen molar-refractivity contribution in [3.8, 4) is 0 Å². The van der Waals surface area contributed by atoms with Crippen LogP contribution < -0.4 is 10.3 Å². The van der Waals surface area contributed by atoms with Crippen LogP contribution >= 0.6 is 0 Å². The summed E-state index contributed by atoms with van der Waals surface area (Å²) in [6.07, 6.45) is 3.25. The van der Waals surface area contributed by atoms with E-state index in [9.17, 15) is 13.2 Å². The summed E-state index contributed by atoms with van der Waals surface area (Å²) in [7, 11) is -3.16. The van der Waals surface area contributed by atoms with Gasteiger partial charge in [0.25, 0.3) is 5.56 Å². The quantitative estimate of drug-likeness (QED) is 0.849. The van der Waals surface area contributed by atoms with E-state index in [1.54, 1.807) is 17.7 Å². The highest BCUT2D eigenvalue weighted by molar-refractivity contribution is 7.90. The Balaban J connectivity index is 2.00. The van der Waals surface area contributed by atoms with Gasteiger partial charge in [0.2, 0.25) is 10.0 Å². The molecule has 1 aliphatic rings. The van der Waals surface area contributed by atoms with Gasteiger partial charge in [0, 0.05) is 24.8 Å². The number of aryl methyl sites for hydroxylation is 2. The predicted molar refractivity (Wildman–Crippen MR) is 70.1 cm³/mol. The lowest BCUT2D eigenvalue weighted by Crippen LogP contribution is -2.33. The molecule has 18 heavy (non-hydrogen) atoms. The van der Waals surface area contributed by atoms with E-state index >= 15 is 0 Å². The van der Waals surface area contributed by atoms with E-state index in [1.807, 2.05) is 13.0 Å². The number of hydrogen-bond acceptors (Lipinski definition) is 3. The van der Waals surface area contributed by atoms with Crippen molar-refractivity contribution in [1.29, 1.82) is 0 Å². The van der Waals surface area contributed by atoms with E-state index in [-0.39, 0.29) is 17.4 Å². The Morgan fingerprint density at radius 2 is 2.06 bits per heavy atom. The van der Waals surface area contributed by atoms with Gasteiger partial charge in [0.05, 0.1) is 5.25 Å². The van der Waals surface area contributed by atoms with E-state index < -0.39 is 10.0 Å². The summed E-state index contributed by atoms with van der Waals surface area (Å²) in [6, 6.07) is 1.83. The molecule has 1 saturated carbocycles. The minimum atomic E-state index is -3.16. The highest BCUT2D eigenvalue weighted by Crippen LogP contribution is 2.27. The molecule has 100 valence electrons. The number of nitrogens with one attached hydrogen (secondary N) is 1. The van der Waals surface area contributed by atoms with Gasteiger partial charge in [-0.15, -0.1) is 0 Å². The SMILES string of the molecule is Cc1cc(C)c(=O)n(CCNS(=O)(=O)C2CC2)c1. The monoisotopic (exact) mass is 270 g/mol. The van der Waals surface area contributed by atoms with Gasteiger partial charge >= 0.3 is 0 Å². The maximum Gasteiger partial charge on any atom is 0.253 e. The number of rotatable bonds is 5. The van der Waals surface area contributed by atoms with Crippen LogP contribution in [0.25, 0.3) is 0 Å². The Morgan fingerprint density at radius 3 is 2.67 bits per heavy atom. The lowest BCUT2D eigenvalue weighted by molar-refractivity contribution is 0.568. The van der Waals surface area contributed by atoms with Crippen molar-refractivity contribution in [2.24, 2.45) is 0 Å². The van der Waals surface area contributed by atoms with Crippen LogP contribution in [0, 0.1) is 13.8 Å². The first kappa shape index (κ1) is 13.3. The zero-order valence-electron chi connectivity index (χ0n) is 10.6. The van der Waals surface area contributed by atoms with Crippen molar-refractivity contribution in [3.63, 3.8) is 0 Å². The Kier molecular flexibility index (Phi) is 3.59. The van der Waals surface area contributed by atoms with Crippen LogP contribution in [-0.2, 0) is 16.6 Å². The lowest BCUT2D eigenvalue weighted by Gasteiger charge is -2.09. The van der Waals surface area contributed by atoms with E-state index in [0.717, 1.165) is 18.4 Å². The average Bonchev–Trinajstić information content (AvgIpc) is 3.08. The molecule has 0 atom stereocenters. The van der Waals surface area contributed by atoms with Crippen LogP contribution in [0.4, 0.5) is 0 Å². The standard InChI is InChI=1S/C12H18N2O3S/c1-9-7-10(2)12(15)14(8-9)6-5-13-18(16,17)11-3-4-11/h7-8,11,13H,3-6H2,1-2H3. The summed E-state index contributed by atoms with van der Waals surface area (Å²) in [4.78, 5) is 11.8. The maximum atomic E-state index is 11.8. The first-order valence-electron chi connectivity index (χ1n) is 6.06. The zero-order chi connectivity index (χ0) is 13.3. The third-order valence-corrected chi connectivity index (χ3v) is 4.98. The Labute approximate surface area is 107 Å². The first-order chi connectivity index (χ1) is 8.40. The smallest absolute Gasteiger partial charge is 0.253 e. The van der Waals surface area contributed by atoms with E-state index in [2.05, 4.69) is 4.72 Å². The van der Waals surface area contributed by atoms with Crippen LogP contribution in [0.5, 0.6) is 0 Å². The van der Waals surface area contributed by atoms with Gasteiger partial charge in [-0.25, -0.2) is 13.1 Å². The molecule has 1 aromatic heterocycles. The van der Waals surface area contributed by atoms with E-state index in [0.29, 0.717) is 12.1 Å². The maximum absolute atomic E-state index is 11.8. The third-order valence-electron chi connectivity index (χ3n) is 3.02. The lowest BCUT2D eigenvalue weighted by atomic mass is 10.2. The van der Waals surface area contributed by atoms with Crippen LogP contribution in [0.2, 0.25) is 0 Å². The van der Waals surface area contributed by atoms with Crippen LogP contribution in [0.15, 0.2) is 17.1 Å². The second-order valence-electron chi connectivity index (χ2n) is 4.84. The third kappa shape index (κ3) is 3.00. The van der Waals surface area contributed by atoms with Crippen molar-refractivity contribution in [2.75, 3.05) is 6.54 Å². The zero-order valence-corrected chi connectivity index (χ0v) is 11.5. The number of hydrogen-bond donors (Lipinski definition) is 1. The summed E-state index contributed by atoms with van der Waals surface area (Å²) in [6.45, 7) is 4.31. The van der Waals surface area contributed by atoms with Gasteiger partial charge < -0.3 is 4.57 Å². The van der Waals surface area contributed by atoms with Gasteiger partial charge in [0.15, 0.2) is 0 Å². The summed E-state index contributed by atoms with van der Waals surface area (Å²) in [5.74, 6) is 0. The minimum absolute atomic E-state index is 0.0637. The van der Waals surface area contributed by atoms with Crippen LogP contribution in [0.1, 0.15) is 24.0 Å². The molecule has 5 nitrogen and oxygen atoms in total. The molecule has 0 radical (unpaired) electrons. The summed E-state index contributed by atoms with van der Waals surface area (Å²) < 4.78 is 27.3. The van der Waals surface area contributed by atoms with E-state index in [4.69, 9.17) is 0 Å². The Morgan fingerprint density at radius 1 is 1.39 bits per heavy atom. The molecule has 1 aliphatic carbocycles. The fourth-order valence-corrected chi connectivity index (χ4v) is 3.31. The second kappa shape index (κ2) is 4.85. The summed E-state index contributed by atoms with van der Waals surface area (Å²) in [5.41, 5.74) is 1.61. The van der Waals surface area contributed by atoms with Crippen LogP contribution in [-0.4, -0.2) is 24.8 Å². The Bertz CT molecular complexity index is 600. The average molecular weight is 270 g/mol. The molecule has 1 fully saturated rings. The molecular weight excluding hydrogens is 252 g/mol. The van der Waals surface area contributed by atoms with Crippen molar-refractivity contribution >= 4 is 10.0 Å². The predicted octanol–water partition coefficient (Wildman–Crippen LogP) is 0.547. The number of sulfonamides is 1. The van der Waals surface area contributed by atoms with Crippen LogP contribution in [0.3, 0.4) is 0 Å². The van der Waals surface area contributed by atoms with Gasteiger partial charge in [-0.3, -0.25) is 4.79 Å². The first-order valence-corrected chi connectivity index (χ1v) is 7.61. The van der Waals surface area contributed by atoms with Gasteiger partial charge in [-0.1, -0.05) is 0 Å². The fraction of sp³-hybridized carbons (Fsp3) is 0.583. The number of pyridine rings is 1.